The van der Waals surface area contributed by atoms with Gasteiger partial charge >= 0.3 is 0 Å². The van der Waals surface area contributed by atoms with Crippen molar-refractivity contribution in [3.8, 4) is 5.75 Å². The average molecular weight is 577 g/mol. The fourth-order valence-corrected chi connectivity index (χ4v) is 3.42. The van der Waals surface area contributed by atoms with Gasteiger partial charge in [0.2, 0.25) is 5.91 Å². The summed E-state index contributed by atoms with van der Waals surface area (Å²) in [6, 6.07) is 18.9. The maximum atomic E-state index is 13.7. The van der Waals surface area contributed by atoms with Crippen LogP contribution in [0.2, 0.25) is 0 Å². The smallest absolute Gasteiger partial charge is 0.252 e. The normalized spacial score (nSPS) is 11.8. The van der Waals surface area contributed by atoms with E-state index in [-0.39, 0.29) is 5.69 Å². The van der Waals surface area contributed by atoms with Gasteiger partial charge in [0, 0.05) is 4.47 Å². The predicted octanol–water partition coefficient (Wildman–Crippen LogP) is 5.65. The van der Waals surface area contributed by atoms with Gasteiger partial charge in [-0.2, -0.15) is 5.10 Å². The zero-order chi connectivity index (χ0) is 23.8. The lowest BCUT2D eigenvalue weighted by Crippen LogP contribution is -2.34. The Morgan fingerprint density at radius 3 is 2.48 bits per heavy atom. The zero-order valence-corrected chi connectivity index (χ0v) is 20.7. The standard InChI is InChI=1S/C24H20Br2FN3O3/c1-15(23(31)29-21-5-3-2-4-20(21)27)24(32)30-28-13-17-8-11-22(19(26)12-17)33-14-16-6-9-18(25)10-7-16/h2-13,15H,14H2,1H3,(H,29,31)(H,30,32). The molecule has 0 radical (unpaired) electrons. The number of rotatable bonds is 8. The minimum absolute atomic E-state index is 0.0120. The second-order valence-corrected chi connectivity index (χ2v) is 8.80. The largest absolute Gasteiger partial charge is 0.488 e. The first-order chi connectivity index (χ1) is 15.8. The predicted molar refractivity (Wildman–Crippen MR) is 133 cm³/mol. The van der Waals surface area contributed by atoms with E-state index >= 15 is 0 Å². The number of ether oxygens (including phenoxy) is 1. The van der Waals surface area contributed by atoms with Crippen molar-refractivity contribution in [2.24, 2.45) is 11.0 Å². The highest BCUT2D eigenvalue weighted by Crippen LogP contribution is 2.26. The Morgan fingerprint density at radius 2 is 1.79 bits per heavy atom. The second-order valence-electron chi connectivity index (χ2n) is 7.03. The summed E-state index contributed by atoms with van der Waals surface area (Å²) in [4.78, 5) is 24.4. The molecule has 0 fully saturated rings. The summed E-state index contributed by atoms with van der Waals surface area (Å²) in [5.41, 5.74) is 4.08. The SMILES string of the molecule is CC(C(=O)NN=Cc1ccc(OCc2ccc(Br)cc2)c(Br)c1)C(=O)Nc1ccccc1F. The third-order valence-electron chi connectivity index (χ3n) is 4.57. The number of benzene rings is 3. The van der Waals surface area contributed by atoms with Gasteiger partial charge in [-0.25, -0.2) is 9.82 Å². The molecular weight excluding hydrogens is 557 g/mol. The molecule has 3 aromatic rings. The van der Waals surface area contributed by atoms with Crippen molar-refractivity contribution in [1.82, 2.24) is 5.43 Å². The Morgan fingerprint density at radius 1 is 1.06 bits per heavy atom. The Bertz CT molecular complexity index is 1170. The number of para-hydroxylation sites is 1. The molecule has 0 aliphatic heterocycles. The van der Waals surface area contributed by atoms with E-state index in [1.165, 1.54) is 31.3 Å². The van der Waals surface area contributed by atoms with Crippen molar-refractivity contribution >= 4 is 55.6 Å². The number of hydrogen-bond acceptors (Lipinski definition) is 4. The summed E-state index contributed by atoms with van der Waals surface area (Å²) >= 11 is 6.87. The molecule has 0 saturated heterocycles. The van der Waals surface area contributed by atoms with Crippen molar-refractivity contribution < 1.29 is 18.7 Å². The van der Waals surface area contributed by atoms with Gasteiger partial charge in [0.25, 0.3) is 5.91 Å². The number of anilines is 1. The van der Waals surface area contributed by atoms with Gasteiger partial charge < -0.3 is 10.1 Å². The Balaban J connectivity index is 1.52. The van der Waals surface area contributed by atoms with Gasteiger partial charge in [0.15, 0.2) is 0 Å². The number of carbonyl (C=O) groups excluding carboxylic acids is 2. The fourth-order valence-electron chi connectivity index (χ4n) is 2.65. The Kier molecular flexibility index (Phi) is 8.73. The van der Waals surface area contributed by atoms with E-state index in [0.717, 1.165) is 14.5 Å². The summed E-state index contributed by atoms with van der Waals surface area (Å²) in [6.07, 6.45) is 1.45. The molecule has 1 unspecified atom stereocenters. The number of carbonyl (C=O) groups is 2. The van der Waals surface area contributed by atoms with Gasteiger partial charge in [-0.15, -0.1) is 0 Å². The van der Waals surface area contributed by atoms with E-state index < -0.39 is 23.5 Å². The van der Waals surface area contributed by atoms with Crippen molar-refractivity contribution in [1.29, 1.82) is 0 Å². The molecule has 2 amide bonds. The van der Waals surface area contributed by atoms with Crippen LogP contribution in [0.25, 0.3) is 0 Å². The molecule has 0 spiro atoms. The van der Waals surface area contributed by atoms with E-state index in [1.807, 2.05) is 24.3 Å². The van der Waals surface area contributed by atoms with Gasteiger partial charge in [-0.1, -0.05) is 40.2 Å². The summed E-state index contributed by atoms with van der Waals surface area (Å²) in [5.74, 6) is -2.23. The highest BCUT2D eigenvalue weighted by atomic mass is 79.9. The monoisotopic (exact) mass is 575 g/mol. The minimum atomic E-state index is -1.07. The topological polar surface area (TPSA) is 79.8 Å². The van der Waals surface area contributed by atoms with Crippen molar-refractivity contribution in [2.75, 3.05) is 5.32 Å². The molecule has 6 nitrogen and oxygen atoms in total. The van der Waals surface area contributed by atoms with Crippen LogP contribution in [-0.4, -0.2) is 18.0 Å². The molecule has 9 heteroatoms. The van der Waals surface area contributed by atoms with E-state index in [9.17, 15) is 14.0 Å². The average Bonchev–Trinajstić information content (AvgIpc) is 2.80. The Labute approximate surface area is 207 Å². The van der Waals surface area contributed by atoms with Crippen LogP contribution in [0.15, 0.2) is 80.8 Å². The highest BCUT2D eigenvalue weighted by molar-refractivity contribution is 9.10. The third-order valence-corrected chi connectivity index (χ3v) is 5.72. The lowest BCUT2D eigenvalue weighted by Gasteiger charge is -2.11. The lowest BCUT2D eigenvalue weighted by atomic mass is 10.1. The molecule has 33 heavy (non-hydrogen) atoms. The molecule has 0 aliphatic carbocycles. The molecule has 3 aromatic carbocycles. The van der Waals surface area contributed by atoms with Crippen LogP contribution in [0.3, 0.4) is 0 Å². The van der Waals surface area contributed by atoms with Crippen LogP contribution in [0, 0.1) is 11.7 Å². The lowest BCUT2D eigenvalue weighted by molar-refractivity contribution is -0.131. The van der Waals surface area contributed by atoms with Crippen LogP contribution in [0.5, 0.6) is 5.75 Å². The number of nitrogens with one attached hydrogen (secondary N) is 2. The van der Waals surface area contributed by atoms with E-state index in [1.54, 1.807) is 24.3 Å². The number of hydrogen-bond donors (Lipinski definition) is 2. The van der Waals surface area contributed by atoms with Crippen molar-refractivity contribution in [3.63, 3.8) is 0 Å². The highest BCUT2D eigenvalue weighted by Gasteiger charge is 2.22. The summed E-state index contributed by atoms with van der Waals surface area (Å²) < 4.78 is 21.2. The molecule has 0 aliphatic rings. The van der Waals surface area contributed by atoms with Crippen LogP contribution in [0.1, 0.15) is 18.1 Å². The van der Waals surface area contributed by atoms with Gasteiger partial charge in [-0.3, -0.25) is 9.59 Å². The molecule has 1 atom stereocenters. The maximum absolute atomic E-state index is 13.7. The molecular formula is C24H20Br2FN3O3. The molecule has 2 N–H and O–H groups in total. The first kappa shape index (κ1) is 24.6. The summed E-state index contributed by atoms with van der Waals surface area (Å²) in [5, 5.41) is 6.29. The van der Waals surface area contributed by atoms with Gasteiger partial charge in [0.1, 0.15) is 24.1 Å². The van der Waals surface area contributed by atoms with E-state index in [2.05, 4.69) is 47.7 Å². The Hall–Kier alpha value is -3.04. The second kappa shape index (κ2) is 11.7. The number of amides is 2. The third kappa shape index (κ3) is 7.23. The maximum Gasteiger partial charge on any atom is 0.252 e. The van der Waals surface area contributed by atoms with Crippen molar-refractivity contribution in [3.05, 3.63) is 92.6 Å². The van der Waals surface area contributed by atoms with Crippen LogP contribution >= 0.6 is 31.9 Å². The van der Waals surface area contributed by atoms with Crippen LogP contribution in [-0.2, 0) is 16.2 Å². The van der Waals surface area contributed by atoms with E-state index in [0.29, 0.717) is 17.9 Å². The molecule has 170 valence electrons. The quantitative estimate of drug-likeness (QED) is 0.206. The van der Waals surface area contributed by atoms with Gasteiger partial charge in [-0.05, 0) is 76.4 Å². The first-order valence-electron chi connectivity index (χ1n) is 9.88. The van der Waals surface area contributed by atoms with Crippen molar-refractivity contribution in [2.45, 2.75) is 13.5 Å². The minimum Gasteiger partial charge on any atom is -0.488 e. The van der Waals surface area contributed by atoms with Gasteiger partial charge in [0.05, 0.1) is 16.4 Å². The molecule has 0 heterocycles. The molecule has 3 rings (SSSR count). The summed E-state index contributed by atoms with van der Waals surface area (Å²) in [6.45, 7) is 1.83. The number of hydrazone groups is 1. The van der Waals surface area contributed by atoms with Crippen LogP contribution in [0.4, 0.5) is 10.1 Å². The molecule has 0 aromatic heterocycles. The first-order valence-corrected chi connectivity index (χ1v) is 11.5. The zero-order valence-electron chi connectivity index (χ0n) is 17.5. The van der Waals surface area contributed by atoms with E-state index in [4.69, 9.17) is 4.74 Å². The molecule has 0 bridgehead atoms. The molecule has 0 saturated carbocycles. The number of nitrogens with zero attached hydrogens (tertiary/aromatic N) is 1. The fraction of sp³-hybridized carbons (Fsp3) is 0.125. The summed E-state index contributed by atoms with van der Waals surface area (Å²) in [7, 11) is 0. The number of halogens is 3. The van der Waals surface area contributed by atoms with Crippen LogP contribution < -0.4 is 15.5 Å².